The van der Waals surface area contributed by atoms with Gasteiger partial charge in [-0.05, 0) is 92.8 Å². The topological polar surface area (TPSA) is 72.8 Å². The molecule has 2 aliphatic heterocycles. The molecule has 5 nitrogen and oxygen atoms in total. The second kappa shape index (κ2) is 6.10. The average Bonchev–Trinajstić information content (AvgIpc) is 3.28. The van der Waals surface area contributed by atoms with Gasteiger partial charge in [-0.1, -0.05) is 34.6 Å². The number of hydrogen-bond donors (Lipinski definition) is 1. The van der Waals surface area contributed by atoms with E-state index in [4.69, 9.17) is 9.47 Å². The fourth-order valence-corrected chi connectivity index (χ4v) is 12.2. The zero-order chi connectivity index (χ0) is 25.2. The van der Waals surface area contributed by atoms with Gasteiger partial charge in [-0.15, -0.1) is 0 Å². The minimum Gasteiger partial charge on any atom is -0.388 e. The minimum absolute atomic E-state index is 0.0187. The van der Waals surface area contributed by atoms with E-state index in [2.05, 4.69) is 34.6 Å². The van der Waals surface area contributed by atoms with Gasteiger partial charge in [0.25, 0.3) is 0 Å². The second-order valence-corrected chi connectivity index (χ2v) is 15.5. The fourth-order valence-electron chi connectivity index (χ4n) is 12.2. The molecule has 2 heterocycles. The van der Waals surface area contributed by atoms with Crippen molar-refractivity contribution in [1.82, 2.24) is 0 Å². The van der Waals surface area contributed by atoms with Crippen LogP contribution in [0.5, 0.6) is 0 Å². The summed E-state index contributed by atoms with van der Waals surface area (Å²) in [7, 11) is 0. The average molecular weight is 485 g/mol. The smallest absolute Gasteiger partial charge is 0.234 e. The van der Waals surface area contributed by atoms with Gasteiger partial charge in [0.05, 0.1) is 11.7 Å². The Balaban J connectivity index is 1.34. The van der Waals surface area contributed by atoms with Crippen LogP contribution in [0.25, 0.3) is 0 Å². The van der Waals surface area contributed by atoms with Gasteiger partial charge >= 0.3 is 0 Å². The van der Waals surface area contributed by atoms with Crippen molar-refractivity contribution in [2.45, 2.75) is 123 Å². The molecule has 35 heavy (non-hydrogen) atoms. The number of hydrogen-bond acceptors (Lipinski definition) is 5. The number of fused-ring (bicyclic) bond motifs is 4. The molecule has 7 aliphatic rings. The van der Waals surface area contributed by atoms with Gasteiger partial charge < -0.3 is 14.6 Å². The van der Waals surface area contributed by atoms with Gasteiger partial charge in [0.1, 0.15) is 11.9 Å². The lowest BCUT2D eigenvalue weighted by molar-refractivity contribution is -0.236. The third-order valence-electron chi connectivity index (χ3n) is 13.7. The molecule has 0 aromatic rings. The van der Waals surface area contributed by atoms with Crippen LogP contribution in [0, 0.1) is 50.7 Å². The SMILES string of the molecule is C[C@@H]1C[C@H]2O[C@@]3(O[C@@H]2C(C)(C)O)C(=O)[C@@]2(C)[C@@H]4CC[C@H]5C(C)(C)C(=O)CC[C@@]56C[C@@]46CC[C@]2(C)[C@@H]13. The molecule has 0 radical (unpaired) electrons. The number of ether oxygens (including phenoxy) is 2. The number of carbonyl (C=O) groups excluding carboxylic acids is 2. The van der Waals surface area contributed by atoms with Crippen LogP contribution >= 0.6 is 0 Å². The van der Waals surface area contributed by atoms with Crippen LogP contribution in [0.4, 0.5) is 0 Å². The van der Waals surface area contributed by atoms with Crippen molar-refractivity contribution in [2.24, 2.45) is 50.7 Å². The zero-order valence-electron chi connectivity index (χ0n) is 22.7. The molecular formula is C30H44O5. The molecule has 7 fully saturated rings. The molecule has 11 atom stereocenters. The first kappa shape index (κ1) is 23.3. The Morgan fingerprint density at radius 1 is 0.943 bits per heavy atom. The maximum absolute atomic E-state index is 14.9. The number of aliphatic hydroxyl groups is 1. The van der Waals surface area contributed by atoms with Crippen LogP contribution in [0.2, 0.25) is 0 Å². The summed E-state index contributed by atoms with van der Waals surface area (Å²) in [4.78, 5) is 27.8. The molecule has 5 heteroatoms. The predicted molar refractivity (Wildman–Crippen MR) is 130 cm³/mol. The molecule has 0 aromatic heterocycles. The third-order valence-corrected chi connectivity index (χ3v) is 13.7. The summed E-state index contributed by atoms with van der Waals surface area (Å²) in [6.07, 6.45) is 7.28. The highest BCUT2D eigenvalue weighted by Crippen LogP contribution is 2.89. The highest BCUT2D eigenvalue weighted by atomic mass is 16.8. The normalized spacial score (nSPS) is 59.8. The first-order valence-corrected chi connectivity index (χ1v) is 14.3. The molecule has 194 valence electrons. The number of rotatable bonds is 1. The van der Waals surface area contributed by atoms with Crippen LogP contribution in [0.3, 0.4) is 0 Å². The largest absolute Gasteiger partial charge is 0.388 e. The number of ketones is 2. The summed E-state index contributed by atoms with van der Waals surface area (Å²) in [5, 5.41) is 10.9. The first-order valence-electron chi connectivity index (χ1n) is 14.3. The van der Waals surface area contributed by atoms with E-state index in [1.54, 1.807) is 13.8 Å². The summed E-state index contributed by atoms with van der Waals surface area (Å²) in [5.41, 5.74) is -1.59. The Morgan fingerprint density at radius 3 is 2.29 bits per heavy atom. The van der Waals surface area contributed by atoms with Gasteiger partial charge in [0.2, 0.25) is 5.79 Å². The zero-order valence-corrected chi connectivity index (χ0v) is 22.7. The minimum atomic E-state index is -1.22. The Hall–Kier alpha value is -0.780. The summed E-state index contributed by atoms with van der Waals surface area (Å²) >= 11 is 0. The lowest BCUT2D eigenvalue weighted by atomic mass is 9.41. The van der Waals surface area contributed by atoms with Crippen molar-refractivity contribution in [1.29, 1.82) is 0 Å². The molecule has 1 N–H and O–H groups in total. The lowest BCUT2D eigenvalue weighted by Crippen LogP contribution is -2.58. The monoisotopic (exact) mass is 484 g/mol. The maximum Gasteiger partial charge on any atom is 0.234 e. The van der Waals surface area contributed by atoms with Crippen molar-refractivity contribution in [2.75, 3.05) is 0 Å². The van der Waals surface area contributed by atoms with Crippen molar-refractivity contribution in [3.05, 3.63) is 0 Å². The maximum atomic E-state index is 14.9. The van der Waals surface area contributed by atoms with Gasteiger partial charge in [0, 0.05) is 23.2 Å². The van der Waals surface area contributed by atoms with Crippen molar-refractivity contribution >= 4 is 11.6 Å². The van der Waals surface area contributed by atoms with Crippen LogP contribution in [0.15, 0.2) is 0 Å². The van der Waals surface area contributed by atoms with Gasteiger partial charge in [-0.25, -0.2) is 0 Å². The van der Waals surface area contributed by atoms with E-state index in [1.165, 1.54) is 6.42 Å². The van der Waals surface area contributed by atoms with E-state index in [-0.39, 0.29) is 39.5 Å². The molecular weight excluding hydrogens is 440 g/mol. The Morgan fingerprint density at radius 2 is 1.60 bits per heavy atom. The molecule has 2 bridgehead atoms. The molecule has 0 aromatic carbocycles. The van der Waals surface area contributed by atoms with E-state index in [0.717, 1.165) is 38.5 Å². The lowest BCUT2D eigenvalue weighted by Gasteiger charge is -2.61. The molecule has 0 unspecified atom stereocenters. The summed E-state index contributed by atoms with van der Waals surface area (Å²) in [6, 6.07) is 0. The van der Waals surface area contributed by atoms with E-state index >= 15 is 0 Å². The summed E-state index contributed by atoms with van der Waals surface area (Å²) < 4.78 is 13.3. The Bertz CT molecular complexity index is 1040. The Labute approximate surface area is 210 Å². The van der Waals surface area contributed by atoms with Gasteiger partial charge in [0.15, 0.2) is 5.78 Å². The predicted octanol–water partition coefficient (Wildman–Crippen LogP) is 5.07. The quantitative estimate of drug-likeness (QED) is 0.562. The summed E-state index contributed by atoms with van der Waals surface area (Å²) in [5.74, 6) is 0.471. The molecule has 0 amide bonds. The van der Waals surface area contributed by atoms with Crippen LogP contribution < -0.4 is 0 Å². The molecule has 5 aliphatic carbocycles. The van der Waals surface area contributed by atoms with Crippen LogP contribution in [-0.2, 0) is 19.1 Å². The fraction of sp³-hybridized carbons (Fsp3) is 0.933. The van der Waals surface area contributed by atoms with E-state index in [1.807, 2.05) is 0 Å². The van der Waals surface area contributed by atoms with E-state index in [0.29, 0.717) is 30.0 Å². The second-order valence-electron chi connectivity index (χ2n) is 15.5. The molecule has 2 saturated heterocycles. The Kier molecular flexibility index (Phi) is 4.07. The third kappa shape index (κ3) is 2.20. The van der Waals surface area contributed by atoms with E-state index < -0.39 is 22.9 Å². The molecule has 7 rings (SSSR count). The van der Waals surface area contributed by atoms with E-state index in [9.17, 15) is 14.7 Å². The van der Waals surface area contributed by atoms with Gasteiger partial charge in [-0.2, -0.15) is 0 Å². The highest BCUT2D eigenvalue weighted by molar-refractivity contribution is 5.96. The molecule has 5 saturated carbocycles. The summed E-state index contributed by atoms with van der Waals surface area (Å²) in [6.45, 7) is 14.9. The first-order chi connectivity index (χ1) is 16.1. The van der Waals surface area contributed by atoms with Crippen LogP contribution in [-0.4, -0.2) is 40.3 Å². The highest BCUT2D eigenvalue weighted by Gasteiger charge is 2.88. The van der Waals surface area contributed by atoms with Crippen molar-refractivity contribution in [3.8, 4) is 0 Å². The standard InChI is InChI=1S/C30H44O5/c1-16-14-17-22(25(4,5)33)35-30(34-17)21(16)26(6)12-13-29-15-28(29)11-10-20(31)24(2,3)18(28)8-9-19(29)27(26,7)23(30)32/h16-19,21-22,33H,8-15H2,1-7H3/t16-,17-,18+,19+,21-,22+,26-,27-,28-,29+,30+/m1/s1. The van der Waals surface area contributed by atoms with Crippen molar-refractivity contribution in [3.63, 3.8) is 0 Å². The number of carbonyl (C=O) groups is 2. The molecule has 3 spiro atoms. The van der Waals surface area contributed by atoms with Gasteiger partial charge in [-0.3, -0.25) is 9.59 Å². The number of Topliss-reactive ketones (excluding diaryl/α,β-unsaturated/α-hetero) is 2. The van der Waals surface area contributed by atoms with Crippen LogP contribution in [0.1, 0.15) is 99.8 Å². The van der Waals surface area contributed by atoms with Crippen molar-refractivity contribution < 1.29 is 24.2 Å².